The monoisotopic (exact) mass is 1230 g/mol. The normalized spacial score (nSPS) is 19.7. The van der Waals surface area contributed by atoms with E-state index in [9.17, 15) is 0 Å². The molecule has 0 saturated carbocycles. The number of morpholine rings is 2. The van der Waals surface area contributed by atoms with Crippen molar-refractivity contribution in [2.45, 2.75) is 77.3 Å². The molecule has 80 heavy (non-hydrogen) atoms. The summed E-state index contributed by atoms with van der Waals surface area (Å²) >= 11 is 18.0. The van der Waals surface area contributed by atoms with Crippen molar-refractivity contribution in [2.75, 3.05) is 116 Å². The van der Waals surface area contributed by atoms with E-state index in [-0.39, 0.29) is 23.6 Å². The third-order valence-corrected chi connectivity index (χ3v) is 27.9. The second kappa shape index (κ2) is 26.9. The van der Waals surface area contributed by atoms with Crippen molar-refractivity contribution in [3.8, 4) is 0 Å². The van der Waals surface area contributed by atoms with Crippen LogP contribution in [0.1, 0.15) is 86.0 Å². The Bertz CT molecular complexity index is 3430. The van der Waals surface area contributed by atoms with Crippen LogP contribution in [0.4, 0.5) is 29.1 Å². The van der Waals surface area contributed by atoms with Gasteiger partial charge in [-0.15, -0.1) is 26.8 Å². The Kier molecular flexibility index (Phi) is 19.5. The van der Waals surface area contributed by atoms with Crippen molar-refractivity contribution >= 4 is 139 Å². The number of hydrogen-bond donors (Lipinski definition) is 1. The number of rotatable bonds is 8. The number of hydrogen-bond acceptors (Lipinski definition) is 16. The predicted octanol–water partition coefficient (Wildman–Crippen LogP) is 11.7. The highest BCUT2D eigenvalue weighted by atomic mass is 35.5. The lowest BCUT2D eigenvalue weighted by Crippen LogP contribution is -2.40. The number of halogens is 3. The molecule has 12 heterocycles. The number of nitrogens with zero attached hydrogens (tertiary/aromatic N) is 15. The van der Waals surface area contributed by atoms with Gasteiger partial charge in [-0.3, -0.25) is 0 Å². The first-order chi connectivity index (χ1) is 39.0. The molecular formula is C54H70Cl3N16O2P5. The van der Waals surface area contributed by atoms with Gasteiger partial charge in [-0.25, -0.2) is 24.9 Å². The Labute approximate surface area is 492 Å². The van der Waals surface area contributed by atoms with Gasteiger partial charge in [0.05, 0.1) is 60.9 Å². The number of aromatic nitrogens is 10. The summed E-state index contributed by atoms with van der Waals surface area (Å²) in [5.74, 6) is 5.26. The number of nitrogens with one attached hydrogen (secondary N) is 1. The van der Waals surface area contributed by atoms with E-state index in [1.807, 2.05) is 40.2 Å². The van der Waals surface area contributed by atoms with Crippen molar-refractivity contribution in [1.29, 1.82) is 0 Å². The molecule has 0 aliphatic carbocycles. The SMILES string of the molecule is Cc1ccc2nc(Cl)nc(Cl)c2c1.Cc1ccc2nc(Cl)nc(N3CCCCC3c3cc4nc(N5CCC5)cc(N5CCOCC5)n4n3)c2c1.PPP(P)P.c1c(N2CCC2)nc2cc(C3CCCCN3)nn2c1N1CCOCC1. The molecule has 6 unspecified atom stereocenters. The summed E-state index contributed by atoms with van der Waals surface area (Å²) in [6.07, 6.45) is 9.43. The first-order valence-electron chi connectivity index (χ1n) is 27.7. The Balaban J connectivity index is 0.000000134. The van der Waals surface area contributed by atoms with Crippen LogP contribution >= 0.6 is 76.5 Å². The van der Waals surface area contributed by atoms with E-state index >= 15 is 0 Å². The number of anilines is 5. The first-order valence-corrected chi connectivity index (χ1v) is 37.1. The van der Waals surface area contributed by atoms with E-state index in [1.165, 1.54) is 31.2 Å². The number of fused-ring (bicyclic) bond motifs is 4. The molecule has 0 amide bonds. The van der Waals surface area contributed by atoms with Crippen LogP contribution in [-0.4, -0.2) is 141 Å². The fourth-order valence-electron chi connectivity index (χ4n) is 10.9. The van der Waals surface area contributed by atoms with E-state index in [0.717, 1.165) is 205 Å². The van der Waals surface area contributed by atoms with Crippen LogP contribution in [0.3, 0.4) is 0 Å². The standard InChI is InChI=1S/C27H31ClN8O.C18H26N6O.C9H6Cl2N2.H7P5/c1-18-6-7-20-19(15-18)26(31-27(28)29-20)35-10-3-2-5-22(35)21-16-24-30-23(33-8-4-9-33)17-25(36(24)32-21)34-11-13-37-14-12-34;1-2-5-19-14(4-1)15-12-17-20-16(22-6-3-7-22)13-18(24(17)21-15)23-8-10-25-11-9-23;1-5-2-3-7-6(4-5)8(10)13-9(11)12-7;1-4-5(2)3/h6-7,15-17,22H,2-5,8-14H2,1H3;12-14,19H,1-11H2;2-4H,1H3;4H,1-3H2. The third-order valence-electron chi connectivity index (χ3n) is 15.4. The van der Waals surface area contributed by atoms with E-state index in [1.54, 1.807) is 0 Å². The minimum Gasteiger partial charge on any atom is -0.378 e. The van der Waals surface area contributed by atoms with Crippen LogP contribution in [-0.2, 0) is 9.47 Å². The van der Waals surface area contributed by atoms with Gasteiger partial charge in [-0.05, 0) is 120 Å². The number of aryl methyl sites for hydroxylation is 2. The summed E-state index contributed by atoms with van der Waals surface area (Å²) in [4.78, 5) is 38.9. The first kappa shape index (κ1) is 58.1. The number of ether oxygens (including phenoxy) is 2. The molecule has 0 spiro atoms. The molecule has 6 aliphatic heterocycles. The van der Waals surface area contributed by atoms with Crippen molar-refractivity contribution in [3.05, 3.63) is 98.9 Å². The fourth-order valence-corrected chi connectivity index (χ4v) is 11.5. The van der Waals surface area contributed by atoms with Gasteiger partial charge in [0.15, 0.2) is 11.3 Å². The Hall–Kier alpha value is -3.74. The topological polar surface area (TPSA) is 159 Å². The molecule has 18 nitrogen and oxygen atoms in total. The molecule has 424 valence electrons. The quantitative estimate of drug-likeness (QED) is 0.0869. The van der Waals surface area contributed by atoms with Gasteiger partial charge in [0.1, 0.15) is 34.2 Å². The second-order valence-corrected chi connectivity index (χ2v) is 35.9. The zero-order chi connectivity index (χ0) is 55.3. The van der Waals surface area contributed by atoms with Gasteiger partial charge in [0.2, 0.25) is 10.6 Å². The molecule has 6 atom stereocenters. The van der Waals surface area contributed by atoms with Gasteiger partial charge in [0.25, 0.3) is 0 Å². The largest absolute Gasteiger partial charge is 0.378 e. The predicted molar refractivity (Wildman–Crippen MR) is 342 cm³/mol. The van der Waals surface area contributed by atoms with Crippen LogP contribution in [0.2, 0.25) is 15.7 Å². The molecule has 6 saturated heterocycles. The Morgan fingerprint density at radius 1 is 0.562 bits per heavy atom. The van der Waals surface area contributed by atoms with Crippen molar-refractivity contribution in [3.63, 3.8) is 0 Å². The lowest BCUT2D eigenvalue weighted by atomic mass is 9.98. The minimum atomic E-state index is 0.0927. The maximum absolute atomic E-state index is 6.41. The van der Waals surface area contributed by atoms with Crippen LogP contribution < -0.4 is 29.8 Å². The summed E-state index contributed by atoms with van der Waals surface area (Å²) < 4.78 is 15.2. The highest BCUT2D eigenvalue weighted by Gasteiger charge is 2.32. The summed E-state index contributed by atoms with van der Waals surface area (Å²) in [5.41, 5.74) is 7.96. The lowest BCUT2D eigenvalue weighted by molar-refractivity contribution is 0.122. The van der Waals surface area contributed by atoms with Gasteiger partial charge in [-0.2, -0.15) is 24.2 Å². The van der Waals surface area contributed by atoms with Gasteiger partial charge >= 0.3 is 0 Å². The molecule has 1 N–H and O–H groups in total. The van der Waals surface area contributed by atoms with Crippen LogP contribution in [0.5, 0.6) is 0 Å². The van der Waals surface area contributed by atoms with Crippen LogP contribution in [0.15, 0.2) is 60.7 Å². The maximum Gasteiger partial charge on any atom is 0.224 e. The van der Waals surface area contributed by atoms with Crippen molar-refractivity contribution < 1.29 is 9.47 Å². The van der Waals surface area contributed by atoms with E-state index in [4.69, 9.17) is 69.4 Å². The molecule has 6 aromatic heterocycles. The molecule has 0 radical (unpaired) electrons. The van der Waals surface area contributed by atoms with Crippen molar-refractivity contribution in [1.82, 2.24) is 54.4 Å². The highest BCUT2D eigenvalue weighted by Crippen LogP contribution is 2.71. The minimum absolute atomic E-state index is 0.0927. The molecule has 8 aromatic rings. The molecule has 2 aromatic carbocycles. The van der Waals surface area contributed by atoms with Crippen LogP contribution in [0, 0.1) is 13.8 Å². The van der Waals surface area contributed by atoms with Crippen LogP contribution in [0.25, 0.3) is 33.1 Å². The zero-order valence-electron chi connectivity index (χ0n) is 45.3. The molecule has 26 heteroatoms. The highest BCUT2D eigenvalue weighted by molar-refractivity contribution is 8.77. The average molecular weight is 1240 g/mol. The number of piperidine rings is 2. The van der Waals surface area contributed by atoms with E-state index in [2.05, 4.69) is 115 Å². The summed E-state index contributed by atoms with van der Waals surface area (Å²) in [7, 11) is 9.24. The van der Waals surface area contributed by atoms with E-state index in [0.29, 0.717) is 11.2 Å². The smallest absolute Gasteiger partial charge is 0.224 e. The summed E-state index contributed by atoms with van der Waals surface area (Å²) in [6.45, 7) is 17.2. The fraction of sp³-hybridized carbons (Fsp3) is 0.481. The van der Waals surface area contributed by atoms with Crippen molar-refractivity contribution in [2.24, 2.45) is 0 Å². The molecular weight excluding hydrogens is 1170 g/mol. The summed E-state index contributed by atoms with van der Waals surface area (Å²) in [5, 5.41) is 16.5. The molecule has 6 aliphatic rings. The zero-order valence-corrected chi connectivity index (χ0v) is 52.9. The van der Waals surface area contributed by atoms with Gasteiger partial charge < -0.3 is 39.3 Å². The Morgan fingerprint density at radius 2 is 1.09 bits per heavy atom. The third kappa shape index (κ3) is 13.6. The Morgan fingerprint density at radius 3 is 1.62 bits per heavy atom. The molecule has 14 rings (SSSR count). The maximum atomic E-state index is 6.41. The summed E-state index contributed by atoms with van der Waals surface area (Å²) in [6, 6.07) is 21.3. The lowest BCUT2D eigenvalue weighted by Gasteiger charge is -2.36. The van der Waals surface area contributed by atoms with E-state index < -0.39 is 0 Å². The van der Waals surface area contributed by atoms with Gasteiger partial charge in [-0.1, -0.05) is 49.2 Å². The second-order valence-electron chi connectivity index (χ2n) is 20.9. The molecule has 0 bridgehead atoms. The number of benzene rings is 2. The average Bonchev–Trinajstić information content (AvgIpc) is 4.18. The van der Waals surface area contributed by atoms with Gasteiger partial charge in [0, 0.05) is 93.9 Å². The molecule has 6 fully saturated rings.